The summed E-state index contributed by atoms with van der Waals surface area (Å²) in [6.07, 6.45) is 6.75. The largest absolute Gasteiger partial charge is 0.350 e. The van der Waals surface area contributed by atoms with Crippen molar-refractivity contribution in [3.63, 3.8) is 0 Å². The summed E-state index contributed by atoms with van der Waals surface area (Å²) in [4.78, 5) is 17.1. The fraction of sp³-hybridized carbons (Fsp3) is 0.286. The molecule has 0 saturated carbocycles. The molecule has 3 N–H and O–H groups in total. The molecule has 29 heavy (non-hydrogen) atoms. The van der Waals surface area contributed by atoms with E-state index in [1.165, 1.54) is 0 Å². The van der Waals surface area contributed by atoms with E-state index in [1.807, 2.05) is 56.3 Å². The molecule has 3 aromatic rings. The van der Waals surface area contributed by atoms with Gasteiger partial charge in [0.1, 0.15) is 5.69 Å². The van der Waals surface area contributed by atoms with Crippen LogP contribution in [0.15, 0.2) is 61.1 Å². The number of nitrogens with one attached hydrogen (secondary N) is 1. The Morgan fingerprint density at radius 2 is 1.79 bits per heavy atom. The van der Waals surface area contributed by atoms with Crippen LogP contribution >= 0.6 is 24.8 Å². The molecule has 0 saturated heterocycles. The molecule has 2 heterocycles. The van der Waals surface area contributed by atoms with E-state index in [9.17, 15) is 4.79 Å². The molecule has 8 heteroatoms. The number of carbonyl (C=O) groups excluding carboxylic acids is 1. The van der Waals surface area contributed by atoms with Gasteiger partial charge in [0.2, 0.25) is 0 Å². The van der Waals surface area contributed by atoms with E-state index < -0.39 is 5.54 Å². The van der Waals surface area contributed by atoms with Crippen molar-refractivity contribution in [3.8, 4) is 16.9 Å². The third-order valence-electron chi connectivity index (χ3n) is 4.92. The number of amides is 1. The van der Waals surface area contributed by atoms with Gasteiger partial charge in [-0.05, 0) is 37.1 Å². The standard InChI is InChI=1S/C21H25N5O.2ClH/c1-3-21(22,4-2)15-24-20(27)18-14-26(17-10-6-5-7-11-17)25-19(18)16-9-8-12-23-13-16;;/h5-14H,3-4,15,22H2,1-2H3,(H,24,27);2*1H. The lowest BCUT2D eigenvalue weighted by Gasteiger charge is -2.26. The molecule has 0 fully saturated rings. The number of hydrogen-bond donors (Lipinski definition) is 2. The Labute approximate surface area is 183 Å². The second-order valence-corrected chi connectivity index (χ2v) is 6.67. The van der Waals surface area contributed by atoms with Gasteiger partial charge in [0.05, 0.1) is 11.3 Å². The number of nitrogens with two attached hydrogens (primary N) is 1. The maximum atomic E-state index is 12.9. The molecule has 3 rings (SSSR count). The molecule has 0 unspecified atom stereocenters. The van der Waals surface area contributed by atoms with Gasteiger partial charge < -0.3 is 11.1 Å². The monoisotopic (exact) mass is 435 g/mol. The van der Waals surface area contributed by atoms with Crippen LogP contribution in [0.1, 0.15) is 37.0 Å². The zero-order valence-electron chi connectivity index (χ0n) is 16.5. The zero-order chi connectivity index (χ0) is 19.3. The maximum absolute atomic E-state index is 12.9. The van der Waals surface area contributed by atoms with Crippen molar-refractivity contribution in [2.45, 2.75) is 32.2 Å². The molecular weight excluding hydrogens is 409 g/mol. The Balaban J connectivity index is 0.00000210. The van der Waals surface area contributed by atoms with Crippen LogP contribution in [0.4, 0.5) is 0 Å². The van der Waals surface area contributed by atoms with Crippen LogP contribution in [0.2, 0.25) is 0 Å². The van der Waals surface area contributed by atoms with Crippen molar-refractivity contribution < 1.29 is 4.79 Å². The number of aromatic nitrogens is 3. The number of carbonyl (C=O) groups is 1. The lowest BCUT2D eigenvalue weighted by molar-refractivity contribution is 0.0943. The van der Waals surface area contributed by atoms with Gasteiger partial charge in [-0.1, -0.05) is 32.0 Å². The van der Waals surface area contributed by atoms with Crippen molar-refractivity contribution in [1.82, 2.24) is 20.1 Å². The number of nitrogens with zero attached hydrogens (tertiary/aromatic N) is 3. The smallest absolute Gasteiger partial charge is 0.255 e. The van der Waals surface area contributed by atoms with Crippen molar-refractivity contribution in [1.29, 1.82) is 0 Å². The summed E-state index contributed by atoms with van der Waals surface area (Å²) < 4.78 is 1.71. The van der Waals surface area contributed by atoms with Crippen molar-refractivity contribution in [2.24, 2.45) is 5.73 Å². The highest BCUT2D eigenvalue weighted by Crippen LogP contribution is 2.23. The van der Waals surface area contributed by atoms with Crippen LogP contribution in [0.25, 0.3) is 16.9 Å². The normalized spacial score (nSPS) is 10.6. The first kappa shape index (κ1) is 24.6. The summed E-state index contributed by atoms with van der Waals surface area (Å²) in [6.45, 7) is 4.48. The third kappa shape index (κ3) is 5.79. The van der Waals surface area contributed by atoms with Crippen molar-refractivity contribution in [3.05, 3.63) is 66.6 Å². The molecule has 0 radical (unpaired) electrons. The predicted octanol–water partition coefficient (Wildman–Crippen LogP) is 4.03. The van der Waals surface area contributed by atoms with Gasteiger partial charge in [-0.3, -0.25) is 9.78 Å². The van der Waals surface area contributed by atoms with Crippen LogP contribution in [-0.4, -0.2) is 32.8 Å². The first-order valence-corrected chi connectivity index (χ1v) is 9.19. The Morgan fingerprint density at radius 1 is 1.10 bits per heavy atom. The minimum atomic E-state index is -0.403. The van der Waals surface area contributed by atoms with Crippen LogP contribution in [0.3, 0.4) is 0 Å². The number of para-hydroxylation sites is 1. The number of halogens is 2. The van der Waals surface area contributed by atoms with E-state index in [1.54, 1.807) is 23.3 Å². The fourth-order valence-corrected chi connectivity index (χ4v) is 2.82. The molecule has 0 atom stereocenters. The van der Waals surface area contributed by atoms with Crippen LogP contribution in [0, 0.1) is 0 Å². The summed E-state index contributed by atoms with van der Waals surface area (Å²) in [7, 11) is 0. The Kier molecular flexibility index (Phi) is 9.30. The zero-order valence-corrected chi connectivity index (χ0v) is 18.2. The Morgan fingerprint density at radius 3 is 2.38 bits per heavy atom. The molecule has 2 aromatic heterocycles. The molecule has 1 aromatic carbocycles. The molecule has 0 aliphatic rings. The summed E-state index contributed by atoms with van der Waals surface area (Å²) in [6, 6.07) is 13.4. The average molecular weight is 436 g/mol. The minimum Gasteiger partial charge on any atom is -0.350 e. The Hall–Kier alpha value is -2.41. The van der Waals surface area contributed by atoms with Gasteiger partial charge in [-0.2, -0.15) is 5.10 Å². The van der Waals surface area contributed by atoms with Crippen LogP contribution in [-0.2, 0) is 0 Å². The first-order chi connectivity index (χ1) is 13.1. The van der Waals surface area contributed by atoms with Gasteiger partial charge in [-0.15, -0.1) is 24.8 Å². The lowest BCUT2D eigenvalue weighted by atomic mass is 9.94. The van der Waals surface area contributed by atoms with E-state index in [0.29, 0.717) is 17.8 Å². The average Bonchev–Trinajstić information content (AvgIpc) is 3.19. The molecule has 6 nitrogen and oxygen atoms in total. The highest BCUT2D eigenvalue weighted by Gasteiger charge is 2.24. The number of benzene rings is 1. The van der Waals surface area contributed by atoms with Gasteiger partial charge in [-0.25, -0.2) is 4.68 Å². The van der Waals surface area contributed by atoms with E-state index in [0.717, 1.165) is 24.1 Å². The number of hydrogen-bond acceptors (Lipinski definition) is 4. The SMILES string of the molecule is CCC(N)(CC)CNC(=O)c1cn(-c2ccccc2)nc1-c1cccnc1.Cl.Cl. The topological polar surface area (TPSA) is 85.8 Å². The van der Waals surface area contributed by atoms with E-state index >= 15 is 0 Å². The van der Waals surface area contributed by atoms with E-state index in [4.69, 9.17) is 5.73 Å². The number of rotatable bonds is 7. The highest BCUT2D eigenvalue weighted by atomic mass is 35.5. The molecule has 1 amide bonds. The summed E-state index contributed by atoms with van der Waals surface area (Å²) in [5.41, 5.74) is 8.70. The second kappa shape index (κ2) is 11.0. The van der Waals surface area contributed by atoms with Gasteiger partial charge in [0, 0.05) is 36.2 Å². The maximum Gasteiger partial charge on any atom is 0.255 e. The molecule has 0 aliphatic heterocycles. The fourth-order valence-electron chi connectivity index (χ4n) is 2.82. The van der Waals surface area contributed by atoms with Crippen molar-refractivity contribution in [2.75, 3.05) is 6.54 Å². The molecule has 0 aliphatic carbocycles. The summed E-state index contributed by atoms with van der Waals surface area (Å²) in [5.74, 6) is -0.187. The minimum absolute atomic E-state index is 0. The Bertz CT molecular complexity index is 896. The van der Waals surface area contributed by atoms with Crippen LogP contribution < -0.4 is 11.1 Å². The predicted molar refractivity (Wildman–Crippen MR) is 121 cm³/mol. The van der Waals surface area contributed by atoms with E-state index in [2.05, 4.69) is 15.4 Å². The van der Waals surface area contributed by atoms with Crippen LogP contribution in [0.5, 0.6) is 0 Å². The molecule has 0 spiro atoms. The van der Waals surface area contributed by atoms with Crippen molar-refractivity contribution >= 4 is 30.7 Å². The summed E-state index contributed by atoms with van der Waals surface area (Å²) in [5, 5.41) is 7.62. The lowest BCUT2D eigenvalue weighted by Crippen LogP contribution is -2.49. The summed E-state index contributed by atoms with van der Waals surface area (Å²) >= 11 is 0. The molecular formula is C21H27Cl2N5O. The first-order valence-electron chi connectivity index (χ1n) is 9.19. The van der Waals surface area contributed by atoms with Gasteiger partial charge in [0.15, 0.2) is 0 Å². The quantitative estimate of drug-likeness (QED) is 0.586. The van der Waals surface area contributed by atoms with E-state index in [-0.39, 0.29) is 30.7 Å². The molecule has 156 valence electrons. The van der Waals surface area contributed by atoms with Gasteiger partial charge >= 0.3 is 0 Å². The second-order valence-electron chi connectivity index (χ2n) is 6.67. The van der Waals surface area contributed by atoms with Gasteiger partial charge in [0.25, 0.3) is 5.91 Å². The molecule has 0 bridgehead atoms. The third-order valence-corrected chi connectivity index (χ3v) is 4.92. The highest BCUT2D eigenvalue weighted by molar-refractivity contribution is 5.99. The number of pyridine rings is 1.